The molecule has 4 aliphatic heterocycles. The Morgan fingerprint density at radius 2 is 1.70 bits per heavy atom. The van der Waals surface area contributed by atoms with Crippen LogP contribution in [0.2, 0.25) is 0 Å². The van der Waals surface area contributed by atoms with Crippen molar-refractivity contribution >= 4 is 22.7 Å². The van der Waals surface area contributed by atoms with E-state index in [1.165, 1.54) is 18.7 Å². The molecule has 1 aromatic carbocycles. The normalized spacial score (nSPS) is 40.7. The van der Waals surface area contributed by atoms with E-state index in [9.17, 15) is 39.3 Å². The van der Waals surface area contributed by atoms with Gasteiger partial charge in [0.1, 0.15) is 60.3 Å². The molecule has 0 radical (unpaired) electrons. The first kappa shape index (κ1) is 62.5. The molecule has 3 saturated heterocycles. The minimum Gasteiger partial charge on any atom is -0.616 e. The molecule has 4 aliphatic rings. The highest BCUT2D eigenvalue weighted by Gasteiger charge is 2.55. The zero-order chi connectivity index (χ0) is 56.2. The van der Waals surface area contributed by atoms with Gasteiger partial charge in [-0.25, -0.2) is 9.07 Å². The second-order valence-electron chi connectivity index (χ2n) is 23.5. The van der Waals surface area contributed by atoms with Crippen molar-refractivity contribution in [1.82, 2.24) is 24.8 Å². The highest BCUT2D eigenvalue weighted by molar-refractivity contribution is 7.91. The van der Waals surface area contributed by atoms with Crippen molar-refractivity contribution in [3.63, 3.8) is 0 Å². The van der Waals surface area contributed by atoms with Crippen LogP contribution >= 0.6 is 0 Å². The van der Waals surface area contributed by atoms with Crippen molar-refractivity contribution in [3.8, 4) is 0 Å². The molecule has 21 atom stereocenters. The molecule has 0 amide bonds. The molecule has 3 fully saturated rings. The number of likely N-dealkylation sites (N-methyl/N-ethyl adjacent to an activating group) is 2. The number of hydrogen-bond donors (Lipinski definition) is 5. The number of rotatable bonds is 15. The fraction of sp³-hybridized carbons (Fsp3) is 0.804. The van der Waals surface area contributed by atoms with Crippen LogP contribution in [0, 0.1) is 23.7 Å². The topological polar surface area (TPSA) is 234 Å². The van der Waals surface area contributed by atoms with Crippen molar-refractivity contribution in [2.75, 3.05) is 59.6 Å². The molecule has 0 aliphatic carbocycles. The van der Waals surface area contributed by atoms with Crippen LogP contribution in [0.25, 0.3) is 5.57 Å². The Labute approximate surface area is 454 Å². The SMILES string of the molecule is CC[C@H]1OC(=O)[C@H](C)[C@@H](C2C[C@@](C)(OC)[C@@H](O)[C@H](C)O2)[C@H](C)[C@@H](O[C@@H]2O[C@H](C)C[C@H](N(C)CCc3cn([C@H](CF)[C@H](OC)c4ccc(C5=CC[S+]([O-])CC5)cc4)nn3)[C@H]2O)[C@](C)(O)C[C@@H](C)CN(C)[C@H](C)[C@@H](O)[C@]1(C)O. The van der Waals surface area contributed by atoms with Crippen molar-refractivity contribution in [1.29, 1.82) is 0 Å². The molecule has 1 aromatic heterocycles. The van der Waals surface area contributed by atoms with E-state index in [1.54, 1.807) is 54.8 Å². The predicted octanol–water partition coefficient (Wildman–Crippen LogP) is 4.81. The van der Waals surface area contributed by atoms with Gasteiger partial charge in [-0.3, -0.25) is 4.79 Å². The Balaban J connectivity index is 1.25. The summed E-state index contributed by atoms with van der Waals surface area (Å²) in [5.41, 5.74) is -0.941. The lowest BCUT2D eigenvalue weighted by molar-refractivity contribution is -0.302. The molecule has 20 heteroatoms. The zero-order valence-electron chi connectivity index (χ0n) is 47.6. The lowest BCUT2D eigenvalue weighted by Gasteiger charge is -2.51. The first-order valence-electron chi connectivity index (χ1n) is 27.5. The second-order valence-corrected chi connectivity index (χ2v) is 25.1. The van der Waals surface area contributed by atoms with E-state index >= 15 is 0 Å². The average Bonchev–Trinajstić information content (AvgIpc) is 3.85. The molecular weight excluding hydrogens is 1000 g/mol. The Bertz CT molecular complexity index is 2190. The number of cyclic esters (lactones) is 1. The van der Waals surface area contributed by atoms with Crippen molar-refractivity contribution in [3.05, 3.63) is 53.4 Å². The quantitative estimate of drug-likeness (QED) is 0.119. The first-order chi connectivity index (χ1) is 35.7. The number of carbonyl (C=O) groups excluding carboxylic acids is 1. The number of hydrogen-bond acceptors (Lipinski definition) is 17. The molecule has 0 saturated carbocycles. The van der Waals surface area contributed by atoms with Crippen molar-refractivity contribution in [2.45, 2.75) is 204 Å². The van der Waals surface area contributed by atoms with Gasteiger partial charge in [0.25, 0.3) is 0 Å². The highest BCUT2D eigenvalue weighted by atomic mass is 32.2. The third-order valence-electron chi connectivity index (χ3n) is 17.6. The van der Waals surface area contributed by atoms with Gasteiger partial charge in [-0.1, -0.05) is 57.2 Å². The van der Waals surface area contributed by atoms with E-state index in [2.05, 4.69) is 10.3 Å². The summed E-state index contributed by atoms with van der Waals surface area (Å²) < 4.78 is 66.5. The van der Waals surface area contributed by atoms with Crippen LogP contribution < -0.4 is 0 Å². The summed E-state index contributed by atoms with van der Waals surface area (Å²) in [6.07, 6.45) is -3.51. The van der Waals surface area contributed by atoms with Crippen LogP contribution in [-0.2, 0) is 50.8 Å². The average molecular weight is 1090 g/mol. The molecule has 2 unspecified atom stereocenters. The molecule has 18 nitrogen and oxygen atoms in total. The van der Waals surface area contributed by atoms with E-state index in [0.717, 1.165) is 23.1 Å². The van der Waals surface area contributed by atoms with Crippen molar-refractivity contribution < 1.29 is 67.7 Å². The summed E-state index contributed by atoms with van der Waals surface area (Å²) in [7, 11) is 6.81. The van der Waals surface area contributed by atoms with Gasteiger partial charge in [0.2, 0.25) is 0 Å². The number of nitrogens with zero attached hydrogens (tertiary/aromatic N) is 5. The Hall–Kier alpha value is -2.67. The fourth-order valence-electron chi connectivity index (χ4n) is 12.8. The molecule has 5 heterocycles. The van der Waals surface area contributed by atoms with Crippen LogP contribution in [0.3, 0.4) is 0 Å². The monoisotopic (exact) mass is 1090 g/mol. The summed E-state index contributed by atoms with van der Waals surface area (Å²) >= 11 is -0.825. The van der Waals surface area contributed by atoms with Gasteiger partial charge in [-0.15, -0.1) is 5.10 Å². The summed E-state index contributed by atoms with van der Waals surface area (Å²) in [5, 5.41) is 69.1. The number of aliphatic hydroxyl groups is 5. The standard InChI is InChI=1S/C56H92FN5O13S/c1-15-45-56(10,68)49(64)36(6)61(12)30-32(2)27-54(8,67)51(34(4)46(35(5)52(66)74-45)44-28-55(9,71-14)50(65)37(7)73-44)75-53-47(63)42(26-33(3)72-53)60(11)23-20-41-31-62(59-58-41)43(29-57)48(70-13)40-18-16-38(17-19-40)39-21-24-76(69)25-22-39/h16-19,21,31-37,42-51,53,63-65,67-68H,15,20,22-30H2,1-14H3/t32-,33-,34+,35-,36-,37+,42+,43-,44?,45-,46+,47-,48-,49-,50+,51-,53+,54-,55-,56-,76?/m1/s1. The molecule has 0 bridgehead atoms. The van der Waals surface area contributed by atoms with E-state index in [4.69, 9.17) is 28.4 Å². The van der Waals surface area contributed by atoms with Gasteiger partial charge in [0, 0.05) is 70.8 Å². The van der Waals surface area contributed by atoms with E-state index in [1.807, 2.05) is 75.0 Å². The first-order valence-corrected chi connectivity index (χ1v) is 29.0. The number of esters is 1. The third kappa shape index (κ3) is 14.1. The molecule has 5 N–H and O–H groups in total. The maximum absolute atomic E-state index is 15.0. The molecule has 2 aromatic rings. The fourth-order valence-corrected chi connectivity index (χ4v) is 13.8. The maximum Gasteiger partial charge on any atom is 0.309 e. The molecule has 432 valence electrons. The summed E-state index contributed by atoms with van der Waals surface area (Å²) in [6, 6.07) is 5.99. The lowest BCUT2D eigenvalue weighted by Crippen LogP contribution is -2.62. The number of methoxy groups -OCH3 is 2. The number of ether oxygens (including phenoxy) is 6. The number of halogens is 1. The summed E-state index contributed by atoms with van der Waals surface area (Å²) in [4.78, 5) is 18.6. The van der Waals surface area contributed by atoms with Crippen LogP contribution in [0.5, 0.6) is 0 Å². The Kier molecular flexibility index (Phi) is 21.6. The number of aliphatic hydroxyl groups excluding tert-OH is 3. The van der Waals surface area contributed by atoms with Crippen LogP contribution in [0.1, 0.15) is 130 Å². The Morgan fingerprint density at radius 3 is 2.30 bits per heavy atom. The van der Waals surface area contributed by atoms with Crippen molar-refractivity contribution in [2.24, 2.45) is 23.7 Å². The van der Waals surface area contributed by atoms with Gasteiger partial charge in [-0.2, -0.15) is 0 Å². The number of benzene rings is 1. The summed E-state index contributed by atoms with van der Waals surface area (Å²) in [5.74, 6) is -2.09. The molecule has 76 heavy (non-hydrogen) atoms. The summed E-state index contributed by atoms with van der Waals surface area (Å²) in [6.45, 7) is 17.9. The molecular formula is C56H92FN5O13S. The van der Waals surface area contributed by atoms with Crippen LogP contribution in [0.4, 0.5) is 4.39 Å². The smallest absolute Gasteiger partial charge is 0.309 e. The van der Waals surface area contributed by atoms with E-state index in [-0.39, 0.29) is 25.2 Å². The van der Waals surface area contributed by atoms with Gasteiger partial charge in [0.05, 0.1) is 47.2 Å². The lowest BCUT2D eigenvalue weighted by atomic mass is 9.68. The van der Waals surface area contributed by atoms with E-state index < -0.39 is 138 Å². The maximum atomic E-state index is 15.0. The number of aromatic nitrogens is 3. The predicted molar refractivity (Wildman–Crippen MR) is 287 cm³/mol. The largest absolute Gasteiger partial charge is 0.616 e. The van der Waals surface area contributed by atoms with E-state index in [0.29, 0.717) is 43.1 Å². The number of alkyl halides is 1. The van der Waals surface area contributed by atoms with Crippen LogP contribution in [-0.4, -0.2) is 204 Å². The molecule has 0 spiro atoms. The minimum absolute atomic E-state index is 0.170. The number of allylic oxidation sites excluding steroid dienone is 1. The third-order valence-corrected chi connectivity index (χ3v) is 18.8. The zero-order valence-corrected chi connectivity index (χ0v) is 48.4. The molecule has 6 rings (SSSR count). The van der Waals surface area contributed by atoms with Gasteiger partial charge >= 0.3 is 5.97 Å². The number of carbonyl (C=O) groups is 1. The highest BCUT2D eigenvalue weighted by Crippen LogP contribution is 2.45. The van der Waals surface area contributed by atoms with Crippen LogP contribution in [0.15, 0.2) is 36.5 Å². The minimum atomic E-state index is -1.83. The Morgan fingerprint density at radius 1 is 1.01 bits per heavy atom. The van der Waals surface area contributed by atoms with Gasteiger partial charge in [0.15, 0.2) is 6.29 Å². The van der Waals surface area contributed by atoms with Gasteiger partial charge < -0.3 is 68.3 Å². The van der Waals surface area contributed by atoms with Gasteiger partial charge in [-0.05, 0) is 121 Å². The second kappa shape index (κ2) is 26.3.